The fourth-order valence-electron chi connectivity index (χ4n) is 1.76. The zero-order valence-corrected chi connectivity index (χ0v) is 9.11. The van der Waals surface area contributed by atoms with Crippen molar-refractivity contribution >= 4 is 23.1 Å². The summed E-state index contributed by atoms with van der Waals surface area (Å²) < 4.78 is 1.24. The normalized spacial score (nSPS) is 24.3. The average Bonchev–Trinajstić information content (AvgIpc) is 2.58. The number of halogens is 1. The Hall–Kier alpha value is -1.56. The number of fused-ring (bicyclic) bond motifs is 1. The molecule has 1 saturated carbocycles. The Morgan fingerprint density at radius 3 is 3.06 bits per heavy atom. The first kappa shape index (κ1) is 9.65. The lowest BCUT2D eigenvalue weighted by atomic mass is 9.92. The first-order valence-electron chi connectivity index (χ1n) is 5.07. The molecular weight excluding hydrogens is 230 g/mol. The second-order valence-corrected chi connectivity index (χ2v) is 4.54. The molecule has 1 aliphatic carbocycles. The summed E-state index contributed by atoms with van der Waals surface area (Å²) in [5.74, 6) is 0.671. The van der Waals surface area contributed by atoms with Gasteiger partial charge in [0.2, 0.25) is 0 Å². The fraction of sp³-hybridized carbons (Fsp3) is 0.444. The molecule has 0 aliphatic heterocycles. The van der Waals surface area contributed by atoms with Crippen LogP contribution in [0, 0.1) is 0 Å². The van der Waals surface area contributed by atoms with Crippen molar-refractivity contribution in [1.82, 2.24) is 19.8 Å². The molecule has 0 radical (unpaired) electrons. The van der Waals surface area contributed by atoms with Crippen LogP contribution in [0.4, 0.5) is 5.82 Å². The van der Waals surface area contributed by atoms with Crippen LogP contribution in [0.2, 0.25) is 0 Å². The van der Waals surface area contributed by atoms with Crippen LogP contribution >= 0.6 is 11.6 Å². The van der Waals surface area contributed by atoms with Crippen molar-refractivity contribution in [2.45, 2.75) is 24.3 Å². The Labute approximate surface area is 95.6 Å². The van der Waals surface area contributed by atoms with Gasteiger partial charge in [-0.15, -0.1) is 16.7 Å². The highest BCUT2D eigenvalue weighted by Crippen LogP contribution is 2.27. The summed E-state index contributed by atoms with van der Waals surface area (Å²) in [5.41, 5.74) is 0.182. The molecule has 6 nitrogen and oxygen atoms in total. The van der Waals surface area contributed by atoms with Gasteiger partial charge in [0.15, 0.2) is 5.65 Å². The van der Waals surface area contributed by atoms with Gasteiger partial charge in [0.25, 0.3) is 0 Å². The molecule has 16 heavy (non-hydrogen) atoms. The van der Waals surface area contributed by atoms with E-state index in [1.165, 1.54) is 4.52 Å². The molecule has 1 fully saturated rings. The van der Waals surface area contributed by atoms with Crippen molar-refractivity contribution in [2.75, 3.05) is 5.32 Å². The van der Waals surface area contributed by atoms with Gasteiger partial charge in [-0.25, -0.2) is 9.89 Å². The fourth-order valence-corrected chi connectivity index (χ4v) is 2.19. The summed E-state index contributed by atoms with van der Waals surface area (Å²) in [6.45, 7) is 0. The number of anilines is 1. The van der Waals surface area contributed by atoms with Crippen molar-refractivity contribution < 1.29 is 0 Å². The third-order valence-corrected chi connectivity index (χ3v) is 3.06. The minimum atomic E-state index is -0.331. The number of rotatable bonds is 2. The molecule has 7 heteroatoms. The van der Waals surface area contributed by atoms with Crippen molar-refractivity contribution in [2.24, 2.45) is 0 Å². The van der Waals surface area contributed by atoms with Crippen LogP contribution in [-0.4, -0.2) is 31.2 Å². The Balaban J connectivity index is 1.87. The molecule has 0 amide bonds. The topological polar surface area (TPSA) is 75.1 Å². The molecule has 2 N–H and O–H groups in total. The van der Waals surface area contributed by atoms with E-state index in [1.807, 2.05) is 0 Å². The van der Waals surface area contributed by atoms with Gasteiger partial charge in [-0.05, 0) is 25.0 Å². The first-order chi connectivity index (χ1) is 7.72. The van der Waals surface area contributed by atoms with Crippen molar-refractivity contribution in [3.63, 3.8) is 0 Å². The van der Waals surface area contributed by atoms with Gasteiger partial charge in [-0.3, -0.25) is 0 Å². The molecule has 1 aliphatic rings. The molecule has 2 heterocycles. The minimum Gasteiger partial charge on any atom is -0.366 e. The number of nitrogens with zero attached hydrogens (tertiary/aromatic N) is 3. The Bertz CT molecular complexity index is 571. The molecule has 0 atom stereocenters. The van der Waals surface area contributed by atoms with E-state index in [4.69, 9.17) is 11.6 Å². The molecule has 3 rings (SSSR count). The maximum absolute atomic E-state index is 11.3. The van der Waals surface area contributed by atoms with Gasteiger partial charge in [-0.1, -0.05) is 0 Å². The summed E-state index contributed by atoms with van der Waals surface area (Å²) in [6, 6.07) is 3.90. The van der Waals surface area contributed by atoms with Gasteiger partial charge >= 0.3 is 5.69 Å². The summed E-state index contributed by atoms with van der Waals surface area (Å²) in [5, 5.41) is 13.8. The molecule has 0 saturated heterocycles. The lowest BCUT2D eigenvalue weighted by molar-refractivity contribution is 0.453. The Morgan fingerprint density at radius 2 is 2.31 bits per heavy atom. The molecule has 0 spiro atoms. The Kier molecular flexibility index (Phi) is 2.10. The number of nitrogens with one attached hydrogen (secondary N) is 2. The predicted molar refractivity (Wildman–Crippen MR) is 59.9 cm³/mol. The number of aromatic nitrogens is 4. The summed E-state index contributed by atoms with van der Waals surface area (Å²) in [4.78, 5) is 11.3. The quantitative estimate of drug-likeness (QED) is 0.753. The van der Waals surface area contributed by atoms with Crippen molar-refractivity contribution in [3.8, 4) is 0 Å². The number of alkyl halides is 1. The number of hydrogen-bond donors (Lipinski definition) is 2. The maximum atomic E-state index is 11.3. The van der Waals surface area contributed by atoms with Gasteiger partial charge < -0.3 is 5.32 Å². The smallest absolute Gasteiger partial charge is 0.364 e. The molecular formula is C9H10ClN5O. The first-order valence-corrected chi connectivity index (χ1v) is 5.51. The highest BCUT2D eigenvalue weighted by atomic mass is 35.5. The molecule has 84 valence electrons. The highest BCUT2D eigenvalue weighted by Gasteiger charge is 2.27. The van der Waals surface area contributed by atoms with Gasteiger partial charge in [-0.2, -0.15) is 9.61 Å². The second kappa shape index (κ2) is 3.48. The maximum Gasteiger partial charge on any atom is 0.364 e. The van der Waals surface area contributed by atoms with Crippen molar-refractivity contribution in [1.29, 1.82) is 0 Å². The molecule has 2 aromatic rings. The monoisotopic (exact) mass is 239 g/mol. The van der Waals surface area contributed by atoms with Crippen LogP contribution in [0.5, 0.6) is 0 Å². The average molecular weight is 240 g/mol. The standard InChI is InChI=1S/C9H10ClN5O/c10-5-3-6(4-5)11-7-1-2-8-12-13-9(16)15(8)14-7/h1-2,5-6H,3-4H2,(H,11,14)(H,13,16). The number of H-pyrrole nitrogens is 1. The van der Waals surface area contributed by atoms with E-state index in [0.29, 0.717) is 17.5 Å². The molecule has 0 aromatic carbocycles. The van der Waals surface area contributed by atoms with Gasteiger partial charge in [0, 0.05) is 11.4 Å². The summed E-state index contributed by atoms with van der Waals surface area (Å²) >= 11 is 5.88. The predicted octanol–water partition coefficient (Wildman–Crippen LogP) is 0.599. The van der Waals surface area contributed by atoms with Crippen LogP contribution in [0.3, 0.4) is 0 Å². The van der Waals surface area contributed by atoms with E-state index < -0.39 is 0 Å². The lowest BCUT2D eigenvalue weighted by Crippen LogP contribution is -2.36. The number of hydrogen-bond acceptors (Lipinski definition) is 4. The third-order valence-electron chi connectivity index (χ3n) is 2.71. The summed E-state index contributed by atoms with van der Waals surface area (Å²) in [7, 11) is 0. The van der Waals surface area contributed by atoms with Gasteiger partial charge in [0.05, 0.1) is 0 Å². The SMILES string of the molecule is O=c1[nH]nc2ccc(NC3CC(Cl)C3)nn12. The largest absolute Gasteiger partial charge is 0.366 e. The van der Waals surface area contributed by atoms with Crippen LogP contribution in [0.15, 0.2) is 16.9 Å². The highest BCUT2D eigenvalue weighted by molar-refractivity contribution is 6.21. The van der Waals surface area contributed by atoms with Crippen molar-refractivity contribution in [3.05, 3.63) is 22.6 Å². The minimum absolute atomic E-state index is 0.262. The van der Waals surface area contributed by atoms with Crippen LogP contribution in [0.1, 0.15) is 12.8 Å². The van der Waals surface area contributed by atoms with E-state index >= 15 is 0 Å². The van der Waals surface area contributed by atoms with E-state index in [-0.39, 0.29) is 11.1 Å². The van der Waals surface area contributed by atoms with Crippen LogP contribution < -0.4 is 11.0 Å². The molecule has 0 bridgehead atoms. The van der Waals surface area contributed by atoms with E-state index in [9.17, 15) is 4.79 Å². The molecule has 2 aromatic heterocycles. The molecule has 0 unspecified atom stereocenters. The second-order valence-electron chi connectivity index (χ2n) is 3.93. The van der Waals surface area contributed by atoms with Gasteiger partial charge in [0.1, 0.15) is 5.82 Å². The Morgan fingerprint density at radius 1 is 1.50 bits per heavy atom. The van der Waals surface area contributed by atoms with Crippen LogP contribution in [-0.2, 0) is 0 Å². The zero-order valence-electron chi connectivity index (χ0n) is 8.35. The zero-order chi connectivity index (χ0) is 11.1. The van der Waals surface area contributed by atoms with E-state index in [2.05, 4.69) is 20.6 Å². The summed E-state index contributed by atoms with van der Waals surface area (Å²) in [6.07, 6.45) is 1.86. The number of aromatic amines is 1. The van der Waals surface area contributed by atoms with E-state index in [1.54, 1.807) is 12.1 Å². The third kappa shape index (κ3) is 1.55. The lowest BCUT2D eigenvalue weighted by Gasteiger charge is -2.31. The van der Waals surface area contributed by atoms with E-state index in [0.717, 1.165) is 12.8 Å². The van der Waals surface area contributed by atoms with Crippen LogP contribution in [0.25, 0.3) is 5.65 Å².